The first-order valence-electron chi connectivity index (χ1n) is 8.72. The van der Waals surface area contributed by atoms with Crippen LogP contribution in [-0.4, -0.2) is 48.8 Å². The summed E-state index contributed by atoms with van der Waals surface area (Å²) in [5.74, 6) is 1.39. The number of carbonyl (C=O) groups is 1. The number of aliphatic imine (C=N–C) groups is 1. The number of nitrogens with zero attached hydrogens (tertiary/aromatic N) is 3. The van der Waals surface area contributed by atoms with E-state index >= 15 is 0 Å². The molecule has 0 unspecified atom stereocenters. The minimum Gasteiger partial charge on any atom is -0.493 e. The first-order valence-corrected chi connectivity index (χ1v) is 9.91. The number of thioether (sulfide) groups is 1. The second-order valence-electron chi connectivity index (χ2n) is 5.84. The van der Waals surface area contributed by atoms with E-state index < -0.39 is 0 Å². The Labute approximate surface area is 178 Å². The monoisotopic (exact) mass is 433 g/mol. The second kappa shape index (κ2) is 9.19. The highest BCUT2D eigenvalue weighted by Crippen LogP contribution is 2.40. The lowest BCUT2D eigenvalue weighted by molar-refractivity contribution is -0.122. The first kappa shape index (κ1) is 21.0. The molecule has 0 atom stereocenters. The molecule has 1 aliphatic rings. The Morgan fingerprint density at radius 3 is 2.45 bits per heavy atom. The summed E-state index contributed by atoms with van der Waals surface area (Å²) in [5, 5.41) is 0.982. The molecule has 3 rings (SSSR count). The Bertz CT molecular complexity index is 968. The number of benzene rings is 1. The predicted molar refractivity (Wildman–Crippen MR) is 115 cm³/mol. The number of amidine groups is 1. The molecular formula is C20H20ClN3O4S. The van der Waals surface area contributed by atoms with E-state index in [2.05, 4.69) is 9.98 Å². The van der Waals surface area contributed by atoms with Gasteiger partial charge in [0.25, 0.3) is 5.91 Å². The Balaban J connectivity index is 2.00. The summed E-state index contributed by atoms with van der Waals surface area (Å²) in [6.07, 6.45) is 4.90. The van der Waals surface area contributed by atoms with Crippen LogP contribution in [0.4, 0.5) is 5.69 Å². The maximum Gasteiger partial charge on any atom is 0.266 e. The first-order chi connectivity index (χ1) is 14.0. The molecular weight excluding hydrogens is 414 g/mol. The van der Waals surface area contributed by atoms with Crippen molar-refractivity contribution in [2.24, 2.45) is 4.99 Å². The number of hydrogen-bond acceptors (Lipinski definition) is 7. The van der Waals surface area contributed by atoms with Crippen LogP contribution in [0.3, 0.4) is 0 Å². The van der Waals surface area contributed by atoms with Gasteiger partial charge in [0.1, 0.15) is 0 Å². The van der Waals surface area contributed by atoms with Crippen molar-refractivity contribution >= 4 is 46.2 Å². The van der Waals surface area contributed by atoms with Gasteiger partial charge in [0.15, 0.2) is 16.7 Å². The lowest BCUT2D eigenvalue weighted by atomic mass is 10.1. The highest BCUT2D eigenvalue weighted by atomic mass is 35.5. The van der Waals surface area contributed by atoms with E-state index in [9.17, 15) is 4.79 Å². The average molecular weight is 434 g/mol. The van der Waals surface area contributed by atoms with Crippen molar-refractivity contribution in [2.45, 2.75) is 6.92 Å². The summed E-state index contributed by atoms with van der Waals surface area (Å²) in [6, 6.07) is 5.27. The van der Waals surface area contributed by atoms with Gasteiger partial charge < -0.3 is 14.2 Å². The standard InChI is InChI=1S/C20H20ClN3O4S/c1-5-24-19(25)17(29-20(24)23-14-6-7-22-11-13(14)21)10-12-8-15(26-2)18(28-4)16(9-12)27-3/h6-11H,5H2,1-4H3/b17-10-,23-20?. The molecule has 0 saturated carbocycles. The number of halogens is 1. The van der Waals surface area contributed by atoms with Crippen molar-refractivity contribution in [1.82, 2.24) is 9.88 Å². The van der Waals surface area contributed by atoms with Gasteiger partial charge in [-0.05, 0) is 48.5 Å². The Kier molecular flexibility index (Phi) is 6.66. The molecule has 1 aromatic heterocycles. The number of hydrogen-bond donors (Lipinski definition) is 0. The number of methoxy groups -OCH3 is 3. The molecule has 0 radical (unpaired) electrons. The fraction of sp³-hybridized carbons (Fsp3) is 0.250. The number of ether oxygens (including phenoxy) is 3. The van der Waals surface area contributed by atoms with Crippen LogP contribution >= 0.6 is 23.4 Å². The fourth-order valence-electron chi connectivity index (χ4n) is 2.77. The van der Waals surface area contributed by atoms with Crippen LogP contribution in [-0.2, 0) is 4.79 Å². The highest BCUT2D eigenvalue weighted by molar-refractivity contribution is 8.18. The SMILES string of the molecule is CCN1C(=O)/C(=C/c2cc(OC)c(OC)c(OC)c2)SC1=Nc1ccncc1Cl. The van der Waals surface area contributed by atoms with E-state index in [1.807, 2.05) is 6.92 Å². The summed E-state index contributed by atoms with van der Waals surface area (Å²) in [4.78, 5) is 23.5. The van der Waals surface area contributed by atoms with Crippen molar-refractivity contribution < 1.29 is 19.0 Å². The molecule has 7 nitrogen and oxygen atoms in total. The zero-order valence-corrected chi connectivity index (χ0v) is 18.0. The van der Waals surface area contributed by atoms with Crippen LogP contribution in [0.2, 0.25) is 5.02 Å². The largest absolute Gasteiger partial charge is 0.493 e. The maximum absolute atomic E-state index is 12.9. The van der Waals surface area contributed by atoms with Crippen LogP contribution in [0, 0.1) is 0 Å². The maximum atomic E-state index is 12.9. The average Bonchev–Trinajstić information content (AvgIpc) is 3.02. The molecule has 2 aromatic rings. The summed E-state index contributed by atoms with van der Waals surface area (Å²) in [5.41, 5.74) is 1.30. The molecule has 9 heteroatoms. The normalized spacial score (nSPS) is 16.6. The fourth-order valence-corrected chi connectivity index (χ4v) is 3.98. The van der Waals surface area contributed by atoms with Gasteiger partial charge in [0.05, 0.1) is 36.9 Å². The number of pyridine rings is 1. The minimum atomic E-state index is -0.129. The van der Waals surface area contributed by atoms with Crippen LogP contribution in [0.1, 0.15) is 12.5 Å². The Morgan fingerprint density at radius 2 is 1.90 bits per heavy atom. The molecule has 0 spiro atoms. The molecule has 1 fully saturated rings. The van der Waals surface area contributed by atoms with Gasteiger partial charge in [-0.2, -0.15) is 0 Å². The highest BCUT2D eigenvalue weighted by Gasteiger charge is 2.32. The minimum absolute atomic E-state index is 0.129. The molecule has 29 heavy (non-hydrogen) atoms. The topological polar surface area (TPSA) is 73.2 Å². The number of rotatable bonds is 6. The van der Waals surface area contributed by atoms with Crippen molar-refractivity contribution in [3.63, 3.8) is 0 Å². The summed E-state index contributed by atoms with van der Waals surface area (Å²) in [6.45, 7) is 2.38. The molecule has 2 heterocycles. The van der Waals surface area contributed by atoms with Gasteiger partial charge in [-0.15, -0.1) is 0 Å². The van der Waals surface area contributed by atoms with E-state index in [4.69, 9.17) is 25.8 Å². The second-order valence-corrected chi connectivity index (χ2v) is 7.26. The number of likely N-dealkylation sites (N-methyl/N-ethyl adjacent to an activating group) is 1. The van der Waals surface area contributed by atoms with E-state index in [0.717, 1.165) is 5.56 Å². The van der Waals surface area contributed by atoms with E-state index in [1.54, 1.807) is 56.7 Å². The zero-order chi connectivity index (χ0) is 21.0. The van der Waals surface area contributed by atoms with Crippen molar-refractivity contribution in [3.8, 4) is 17.2 Å². The Morgan fingerprint density at radius 1 is 1.21 bits per heavy atom. The van der Waals surface area contributed by atoms with Gasteiger partial charge in [-0.25, -0.2) is 4.99 Å². The lowest BCUT2D eigenvalue weighted by Gasteiger charge is -2.13. The Hall–Kier alpha value is -2.71. The zero-order valence-electron chi connectivity index (χ0n) is 16.4. The molecule has 0 bridgehead atoms. The lowest BCUT2D eigenvalue weighted by Crippen LogP contribution is -2.28. The van der Waals surface area contributed by atoms with E-state index in [1.165, 1.54) is 18.0 Å². The molecule has 0 aliphatic carbocycles. The predicted octanol–water partition coefficient (Wildman–Crippen LogP) is 4.38. The summed E-state index contributed by atoms with van der Waals surface area (Å²) < 4.78 is 16.1. The third-order valence-electron chi connectivity index (χ3n) is 4.16. The van der Waals surface area contributed by atoms with Gasteiger partial charge in [-0.3, -0.25) is 14.7 Å². The molecule has 0 N–H and O–H groups in total. The van der Waals surface area contributed by atoms with Crippen LogP contribution in [0.15, 0.2) is 40.5 Å². The molecule has 1 aromatic carbocycles. The van der Waals surface area contributed by atoms with Gasteiger partial charge in [-0.1, -0.05) is 11.6 Å². The van der Waals surface area contributed by atoms with Crippen molar-refractivity contribution in [3.05, 3.63) is 46.1 Å². The summed E-state index contributed by atoms with van der Waals surface area (Å²) in [7, 11) is 4.64. The van der Waals surface area contributed by atoms with Crippen molar-refractivity contribution in [1.29, 1.82) is 0 Å². The van der Waals surface area contributed by atoms with E-state index in [0.29, 0.717) is 44.6 Å². The third-order valence-corrected chi connectivity index (χ3v) is 5.45. The van der Waals surface area contributed by atoms with Crippen LogP contribution < -0.4 is 14.2 Å². The van der Waals surface area contributed by atoms with Gasteiger partial charge >= 0.3 is 0 Å². The molecule has 152 valence electrons. The third kappa shape index (κ3) is 4.33. The van der Waals surface area contributed by atoms with Gasteiger partial charge in [0, 0.05) is 18.9 Å². The van der Waals surface area contributed by atoms with Crippen molar-refractivity contribution in [2.75, 3.05) is 27.9 Å². The smallest absolute Gasteiger partial charge is 0.266 e. The molecule has 1 aliphatic heterocycles. The summed E-state index contributed by atoms with van der Waals surface area (Å²) >= 11 is 7.44. The number of amides is 1. The van der Waals surface area contributed by atoms with Crippen LogP contribution in [0.5, 0.6) is 17.2 Å². The van der Waals surface area contributed by atoms with Gasteiger partial charge in [0.2, 0.25) is 5.75 Å². The van der Waals surface area contributed by atoms with Crippen LogP contribution in [0.25, 0.3) is 6.08 Å². The molecule has 1 saturated heterocycles. The number of aromatic nitrogens is 1. The quantitative estimate of drug-likeness (QED) is 0.629. The van der Waals surface area contributed by atoms with E-state index in [-0.39, 0.29) is 5.91 Å². The molecule has 1 amide bonds. The number of carbonyl (C=O) groups excluding carboxylic acids is 1.